The average molecular weight is 1000 g/mol. The van der Waals surface area contributed by atoms with E-state index in [1.165, 1.54) is 118 Å². The van der Waals surface area contributed by atoms with Crippen LogP contribution >= 0.6 is 0 Å². The van der Waals surface area contributed by atoms with Gasteiger partial charge in [-0.05, 0) is 200 Å². The molecule has 4 unspecified atom stereocenters. The third-order valence-electron chi connectivity index (χ3n) is 20.5. The second-order valence-electron chi connectivity index (χ2n) is 26.0. The number of para-hydroxylation sites is 1. The molecule has 0 radical (unpaired) electrons. The molecule has 1 nitrogen and oxygen atoms in total. The van der Waals surface area contributed by atoms with Crippen molar-refractivity contribution in [1.29, 1.82) is 0 Å². The van der Waals surface area contributed by atoms with Crippen LogP contribution in [-0.2, 0) is 16.2 Å². The van der Waals surface area contributed by atoms with Crippen LogP contribution < -0.4 is 4.90 Å². The van der Waals surface area contributed by atoms with Crippen LogP contribution in [0.15, 0.2) is 224 Å². The van der Waals surface area contributed by atoms with Gasteiger partial charge in [-0.25, -0.2) is 0 Å². The van der Waals surface area contributed by atoms with E-state index in [4.69, 9.17) is 0 Å². The highest BCUT2D eigenvalue weighted by Gasteiger charge is 2.90. The van der Waals surface area contributed by atoms with E-state index in [2.05, 4.69) is 271 Å². The first-order valence-electron chi connectivity index (χ1n) is 28.8. The summed E-state index contributed by atoms with van der Waals surface area (Å²) in [6.45, 7) is 14.0. The molecule has 78 heavy (non-hydrogen) atoms. The molecule has 11 aromatic carbocycles. The molecule has 0 aliphatic heterocycles. The highest BCUT2D eigenvalue weighted by molar-refractivity contribution is 6.12. The Morgan fingerprint density at radius 1 is 0.359 bits per heavy atom. The van der Waals surface area contributed by atoms with Crippen LogP contribution in [0.3, 0.4) is 0 Å². The summed E-state index contributed by atoms with van der Waals surface area (Å²) in [7, 11) is 0. The van der Waals surface area contributed by atoms with Gasteiger partial charge < -0.3 is 4.90 Å². The monoisotopic (exact) mass is 1000 g/mol. The molecule has 0 amide bonds. The summed E-state index contributed by atoms with van der Waals surface area (Å²) in [5, 5.41) is 7.61. The van der Waals surface area contributed by atoms with Gasteiger partial charge in [-0.15, -0.1) is 0 Å². The number of hydrogen-bond donors (Lipinski definition) is 0. The Balaban J connectivity index is 0.841. The second-order valence-corrected chi connectivity index (χ2v) is 26.0. The van der Waals surface area contributed by atoms with E-state index < -0.39 is 0 Å². The smallest absolute Gasteiger partial charge is 0.0540 e. The van der Waals surface area contributed by atoms with Gasteiger partial charge in [-0.2, -0.15) is 0 Å². The van der Waals surface area contributed by atoms with Crippen LogP contribution in [-0.4, -0.2) is 0 Å². The van der Waals surface area contributed by atoms with E-state index >= 15 is 0 Å². The SMILES string of the molecule is CC(C)(C)c1cc(-c2cccc3cccc(-c4ccccc4N(c4ccc(-c5ccc6c(c5)C5(c7ccccc7-6)C6CC7CC8CC5C786)cc4)c4ccc(-c5cccc6c5ccc5ccccc56)cc4)c23)cc(C(C)(C)C)c1. The van der Waals surface area contributed by atoms with Gasteiger partial charge in [0.2, 0.25) is 0 Å². The maximum absolute atomic E-state index is 2.62. The summed E-state index contributed by atoms with van der Waals surface area (Å²) >= 11 is 0. The van der Waals surface area contributed by atoms with E-state index in [1.807, 2.05) is 0 Å². The molecule has 0 saturated heterocycles. The molecule has 4 saturated carbocycles. The summed E-state index contributed by atoms with van der Waals surface area (Å²) < 4.78 is 0. The van der Waals surface area contributed by atoms with Crippen LogP contribution in [0.2, 0.25) is 0 Å². The van der Waals surface area contributed by atoms with E-state index in [0.717, 1.165) is 40.7 Å². The molecule has 0 aromatic heterocycles. The molecule has 4 atom stereocenters. The largest absolute Gasteiger partial charge is 0.310 e. The fourth-order valence-electron chi connectivity index (χ4n) is 16.8. The lowest BCUT2D eigenvalue weighted by Crippen LogP contribution is -2.88. The average Bonchev–Trinajstić information content (AvgIpc) is 0.997. The fraction of sp³-hybridized carbons (Fsp3) is 0.221. The van der Waals surface area contributed by atoms with Crippen LogP contribution in [0.25, 0.3) is 88.0 Å². The van der Waals surface area contributed by atoms with Crippen molar-refractivity contribution in [3.8, 4) is 55.6 Å². The van der Waals surface area contributed by atoms with Gasteiger partial charge in [0.15, 0.2) is 0 Å². The van der Waals surface area contributed by atoms with Gasteiger partial charge in [0.25, 0.3) is 0 Å². The van der Waals surface area contributed by atoms with Gasteiger partial charge in [0.05, 0.1) is 5.69 Å². The normalized spacial score (nSPS) is 22.2. The van der Waals surface area contributed by atoms with Crippen molar-refractivity contribution in [1.82, 2.24) is 0 Å². The third kappa shape index (κ3) is 6.25. The summed E-state index contributed by atoms with van der Waals surface area (Å²) in [6.07, 6.45) is 4.32. The minimum Gasteiger partial charge on any atom is -0.310 e. The number of hydrogen-bond acceptors (Lipinski definition) is 1. The molecule has 0 bridgehead atoms. The van der Waals surface area contributed by atoms with E-state index in [0.29, 0.717) is 5.41 Å². The third-order valence-corrected chi connectivity index (χ3v) is 20.5. The summed E-state index contributed by atoms with van der Waals surface area (Å²) in [4.78, 5) is 2.50. The summed E-state index contributed by atoms with van der Waals surface area (Å²) in [6, 6.07) is 86.0. The molecule has 2 spiro atoms. The number of nitrogens with zero attached hydrogens (tertiary/aromatic N) is 1. The first-order chi connectivity index (χ1) is 37.9. The number of fused-ring (bicyclic) bond motifs is 11. The molecule has 11 aromatic rings. The molecular formula is C77H65N. The van der Waals surface area contributed by atoms with Crippen molar-refractivity contribution in [3.63, 3.8) is 0 Å². The van der Waals surface area contributed by atoms with Gasteiger partial charge in [0.1, 0.15) is 0 Å². The minimum atomic E-state index is -0.00579. The van der Waals surface area contributed by atoms with Crippen LogP contribution in [0.4, 0.5) is 17.1 Å². The van der Waals surface area contributed by atoms with Gasteiger partial charge in [-0.3, -0.25) is 0 Å². The molecule has 5 aliphatic carbocycles. The molecule has 16 rings (SSSR count). The quantitative estimate of drug-likeness (QED) is 0.144. The van der Waals surface area contributed by atoms with Crippen molar-refractivity contribution in [3.05, 3.63) is 247 Å². The zero-order chi connectivity index (χ0) is 52.5. The van der Waals surface area contributed by atoms with E-state index in [9.17, 15) is 0 Å². The first kappa shape index (κ1) is 46.1. The Hall–Kier alpha value is -8.00. The lowest BCUT2D eigenvalue weighted by atomic mass is 9.11. The topological polar surface area (TPSA) is 3.24 Å². The predicted octanol–water partition coefficient (Wildman–Crippen LogP) is 20.8. The first-order valence-corrected chi connectivity index (χ1v) is 28.8. The molecule has 0 N–H and O–H groups in total. The van der Waals surface area contributed by atoms with Crippen molar-refractivity contribution < 1.29 is 0 Å². The second kappa shape index (κ2) is 16.3. The Morgan fingerprint density at radius 2 is 0.910 bits per heavy atom. The van der Waals surface area contributed by atoms with Crippen molar-refractivity contribution >= 4 is 49.4 Å². The predicted molar refractivity (Wildman–Crippen MR) is 329 cm³/mol. The highest BCUT2D eigenvalue weighted by Crippen LogP contribution is 2.94. The molecule has 378 valence electrons. The van der Waals surface area contributed by atoms with Crippen LogP contribution in [0, 0.1) is 29.1 Å². The maximum atomic E-state index is 2.62. The maximum Gasteiger partial charge on any atom is 0.0540 e. The summed E-state index contributed by atoms with van der Waals surface area (Å²) in [5.74, 6) is 3.59. The van der Waals surface area contributed by atoms with E-state index in [1.54, 1.807) is 11.1 Å². The molecule has 5 aliphatic rings. The lowest BCUT2D eigenvalue weighted by molar-refractivity contribution is -0.412. The van der Waals surface area contributed by atoms with Crippen LogP contribution in [0.5, 0.6) is 0 Å². The van der Waals surface area contributed by atoms with E-state index in [-0.39, 0.29) is 16.2 Å². The molecule has 1 heteroatoms. The standard InChI is InChI=1S/C77H65N/c1-74(2,3)53-40-52(41-54(43-53)75(4,5)6)61-23-13-17-50-18-14-25-67(73(50)61)66-21-10-12-27-70(66)78(58-36-30-49(31-37-58)60-22-15-24-62-59-19-8-7-16-48(59)32-38-63(60)62)57-34-28-47(29-35-57)51-33-39-65-64-20-9-11-26-68(64)77(69(65)42-51)71-45-55-44-56-46-72(77)76(55,56)71/h7-43,55-56,71-72H,44-46H2,1-6H3. The lowest BCUT2D eigenvalue weighted by Gasteiger charge is -2.92. The minimum absolute atomic E-state index is 0.00579. The Bertz CT molecular complexity index is 4230. The summed E-state index contributed by atoms with van der Waals surface area (Å²) in [5.41, 5.74) is 23.1. The van der Waals surface area contributed by atoms with Crippen molar-refractivity contribution in [2.75, 3.05) is 4.90 Å². The fourth-order valence-corrected chi connectivity index (χ4v) is 16.8. The van der Waals surface area contributed by atoms with Crippen molar-refractivity contribution in [2.45, 2.75) is 77.0 Å². The van der Waals surface area contributed by atoms with Gasteiger partial charge in [0, 0.05) is 22.4 Å². The van der Waals surface area contributed by atoms with Crippen molar-refractivity contribution in [2.24, 2.45) is 29.1 Å². The molecule has 0 heterocycles. The Kier molecular flexibility index (Phi) is 9.63. The van der Waals surface area contributed by atoms with Gasteiger partial charge in [-0.1, -0.05) is 230 Å². The molecule has 4 fully saturated rings. The highest BCUT2D eigenvalue weighted by atomic mass is 15.1. The Labute approximate surface area is 460 Å². The zero-order valence-electron chi connectivity index (χ0n) is 45.7. The van der Waals surface area contributed by atoms with Gasteiger partial charge >= 0.3 is 0 Å². The van der Waals surface area contributed by atoms with Crippen LogP contribution in [0.1, 0.15) is 83.1 Å². The number of rotatable bonds is 7. The zero-order valence-corrected chi connectivity index (χ0v) is 45.7. The number of benzene rings is 11. The molecular weight excluding hydrogens is 939 g/mol. The Morgan fingerprint density at radius 3 is 1.62 bits per heavy atom. The number of anilines is 3.